The molecule has 1 aliphatic heterocycles. The Morgan fingerprint density at radius 1 is 1.15 bits per heavy atom. The van der Waals surface area contributed by atoms with E-state index in [1.807, 2.05) is 0 Å². The number of nitrogen functional groups attached to an aromatic ring is 1. The Hall–Kier alpha value is -1.64. The van der Waals surface area contributed by atoms with Gasteiger partial charge in [0.25, 0.3) is 7.82 Å². The molecule has 4 atom stereocenters. The first kappa shape index (κ1) is 31.9. The average molecular weight is 622 g/mol. The molecule has 2 unspecified atom stereocenters. The molecule has 0 fully saturated rings. The minimum Gasteiger partial charge on any atom is -0.790 e. The molecule has 3 N–H and O–H groups in total. The van der Waals surface area contributed by atoms with Crippen molar-refractivity contribution in [1.82, 2.24) is 14.9 Å². The Balaban J connectivity index is 2.02. The van der Waals surface area contributed by atoms with Crippen molar-refractivity contribution in [3.8, 4) is 0 Å². The lowest BCUT2D eigenvalue weighted by molar-refractivity contribution is -0.339. The molecule has 15 nitrogen and oxygen atoms in total. The van der Waals surface area contributed by atoms with Crippen LogP contribution in [0.25, 0.3) is 0 Å². The zero-order valence-corrected chi connectivity index (χ0v) is 24.4. The molecule has 1 aromatic carbocycles. The molecular formula is C20H25N4O11P3S-4. The molecule has 1 aromatic heterocycles. The summed E-state index contributed by atoms with van der Waals surface area (Å²) in [6.07, 6.45) is 1.26. The lowest BCUT2D eigenvalue weighted by atomic mass is 10.1. The lowest BCUT2D eigenvalue weighted by Gasteiger charge is -2.46. The fraction of sp³-hybridized carbons (Fsp3) is 0.400. The third-order valence-corrected chi connectivity index (χ3v) is 11.4. The van der Waals surface area contributed by atoms with Crippen molar-refractivity contribution in [3.05, 3.63) is 64.1 Å². The molecule has 2 aromatic rings. The molecular weight excluding hydrogens is 597 g/mol. The van der Waals surface area contributed by atoms with E-state index in [-0.39, 0.29) is 24.3 Å². The van der Waals surface area contributed by atoms with Gasteiger partial charge in [-0.1, -0.05) is 42.1 Å². The molecule has 0 bridgehead atoms. The highest BCUT2D eigenvalue weighted by atomic mass is 32.2. The molecule has 3 rings (SSSR count). The number of benzene rings is 1. The molecule has 1 aliphatic rings. The first-order valence-corrected chi connectivity index (χ1v) is 16.4. The molecule has 0 aliphatic carbocycles. The van der Waals surface area contributed by atoms with E-state index < -0.39 is 40.6 Å². The Labute approximate surface area is 228 Å². The maximum atomic E-state index is 13.3. The van der Waals surface area contributed by atoms with Gasteiger partial charge in [0.2, 0.25) is 0 Å². The number of aromatic nitrogens is 2. The molecule has 0 saturated heterocycles. The Kier molecular flexibility index (Phi) is 9.87. The van der Waals surface area contributed by atoms with Crippen LogP contribution >= 0.6 is 35.0 Å². The van der Waals surface area contributed by atoms with Gasteiger partial charge in [-0.25, -0.2) is 9.97 Å². The zero-order valence-electron chi connectivity index (χ0n) is 20.9. The zero-order chi connectivity index (χ0) is 29.2. The van der Waals surface area contributed by atoms with Gasteiger partial charge < -0.3 is 53.5 Å². The van der Waals surface area contributed by atoms with Crippen LogP contribution in [0.1, 0.15) is 30.3 Å². The molecule has 39 heavy (non-hydrogen) atoms. The smallest absolute Gasteiger partial charge is 0.271 e. The van der Waals surface area contributed by atoms with Crippen LogP contribution in [-0.4, -0.2) is 39.1 Å². The van der Waals surface area contributed by atoms with Gasteiger partial charge in [0.1, 0.15) is 17.0 Å². The monoisotopic (exact) mass is 622 g/mol. The number of aliphatic hydroxyl groups is 1. The summed E-state index contributed by atoms with van der Waals surface area (Å²) in [7, 11) is -15.5. The highest BCUT2D eigenvalue weighted by Crippen LogP contribution is 2.63. The summed E-state index contributed by atoms with van der Waals surface area (Å²) < 4.78 is 48.3. The van der Waals surface area contributed by atoms with E-state index in [0.29, 0.717) is 22.0 Å². The lowest BCUT2D eigenvalue weighted by Crippen LogP contribution is -2.48. The van der Waals surface area contributed by atoms with Crippen molar-refractivity contribution in [2.45, 2.75) is 37.5 Å². The molecule has 0 spiro atoms. The average Bonchev–Trinajstić information content (AvgIpc) is 3.14. The van der Waals surface area contributed by atoms with Crippen LogP contribution in [0.5, 0.6) is 0 Å². The van der Waals surface area contributed by atoms with E-state index >= 15 is 0 Å². The number of hydrogen-bond donors (Lipinski definition) is 2. The number of rotatable bonds is 12. The van der Waals surface area contributed by atoms with E-state index in [1.54, 1.807) is 19.9 Å². The topological polar surface area (TPSA) is 246 Å². The van der Waals surface area contributed by atoms with Crippen LogP contribution in [0.2, 0.25) is 0 Å². The fourth-order valence-electron chi connectivity index (χ4n) is 3.83. The second kappa shape index (κ2) is 12.1. The fourth-order valence-corrected chi connectivity index (χ4v) is 8.43. The number of nitrogens with zero attached hydrogens (tertiary/aromatic N) is 3. The van der Waals surface area contributed by atoms with Crippen LogP contribution < -0.4 is 25.3 Å². The van der Waals surface area contributed by atoms with E-state index in [1.165, 1.54) is 35.4 Å². The van der Waals surface area contributed by atoms with Gasteiger partial charge in [0.15, 0.2) is 12.9 Å². The molecule has 0 saturated carbocycles. The van der Waals surface area contributed by atoms with Gasteiger partial charge in [-0.05, 0) is 19.4 Å². The Bertz CT molecular complexity index is 1380. The van der Waals surface area contributed by atoms with Gasteiger partial charge in [0, 0.05) is 42.4 Å². The number of hydrogen-bond acceptors (Lipinski definition) is 16. The predicted molar refractivity (Wildman–Crippen MR) is 133 cm³/mol. The summed E-state index contributed by atoms with van der Waals surface area (Å²) in [5.41, 5.74) is 6.89. The summed E-state index contributed by atoms with van der Waals surface area (Å²) >= 11 is 0.894. The van der Waals surface area contributed by atoms with Crippen LogP contribution in [0.3, 0.4) is 0 Å². The first-order valence-electron chi connectivity index (χ1n) is 11.1. The van der Waals surface area contributed by atoms with Gasteiger partial charge in [-0.3, -0.25) is 8.88 Å². The standard InChI is InChI=1S/C20H29N4O11P3S/c1-13-17(9-10-34-38(31,32)35-37(28,29)30)39-19(24(13)12-15-11-22-14(2)23-18(15)21)20(25,36(26,27)33-3)16-7-5-4-6-8-16/h4-8,11,19,25H,9-10,12H2,1-3H3,(H,26,27)(H,31,32)(H2,21,22,23)(H2,28,29,30)/p-4/t19-,20+/m1/s1. The van der Waals surface area contributed by atoms with E-state index in [2.05, 4.69) is 18.8 Å². The van der Waals surface area contributed by atoms with Crippen LogP contribution in [0.4, 0.5) is 5.82 Å². The minimum atomic E-state index is -5.87. The number of nitrogens with two attached hydrogens (primary N) is 1. The Morgan fingerprint density at radius 3 is 2.36 bits per heavy atom. The van der Waals surface area contributed by atoms with E-state index in [0.717, 1.165) is 18.9 Å². The van der Waals surface area contributed by atoms with Crippen molar-refractivity contribution in [2.24, 2.45) is 0 Å². The van der Waals surface area contributed by atoms with Crippen LogP contribution in [0, 0.1) is 6.92 Å². The van der Waals surface area contributed by atoms with Gasteiger partial charge >= 0.3 is 0 Å². The maximum absolute atomic E-state index is 13.3. The highest BCUT2D eigenvalue weighted by molar-refractivity contribution is 8.04. The Morgan fingerprint density at radius 2 is 1.79 bits per heavy atom. The van der Waals surface area contributed by atoms with Crippen molar-refractivity contribution in [3.63, 3.8) is 0 Å². The third-order valence-electron chi connectivity index (χ3n) is 5.71. The second-order valence-corrected chi connectivity index (χ2v) is 14.2. The van der Waals surface area contributed by atoms with Gasteiger partial charge in [-0.2, -0.15) is 0 Å². The van der Waals surface area contributed by atoms with Gasteiger partial charge in [0.05, 0.1) is 14.4 Å². The van der Waals surface area contributed by atoms with Crippen LogP contribution in [-0.2, 0) is 38.9 Å². The minimum absolute atomic E-state index is 0.00483. The summed E-state index contributed by atoms with van der Waals surface area (Å²) in [6, 6.07) is 7.54. The number of anilines is 1. The summed E-state index contributed by atoms with van der Waals surface area (Å²) in [4.78, 5) is 56.4. The van der Waals surface area contributed by atoms with Crippen molar-refractivity contribution >= 4 is 40.8 Å². The maximum Gasteiger partial charge on any atom is 0.271 e. The molecule has 0 radical (unpaired) electrons. The largest absolute Gasteiger partial charge is 0.790 e. The highest BCUT2D eigenvalue weighted by Gasteiger charge is 2.54. The number of phosphoric ester groups is 1. The molecule has 19 heteroatoms. The molecule has 0 amide bonds. The normalized spacial score (nSPS) is 20.9. The second-order valence-electron chi connectivity index (χ2n) is 8.27. The van der Waals surface area contributed by atoms with E-state index in [4.69, 9.17) is 10.3 Å². The predicted octanol–water partition coefficient (Wildman–Crippen LogP) is 0.239. The summed E-state index contributed by atoms with van der Waals surface area (Å²) in [5.74, 6) is 0.531. The molecule has 216 valence electrons. The number of aryl methyl sites for hydroxylation is 1. The quantitative estimate of drug-likeness (QED) is 0.301. The first-order chi connectivity index (χ1) is 18.0. The molecule has 2 heterocycles. The van der Waals surface area contributed by atoms with Crippen molar-refractivity contribution in [1.29, 1.82) is 0 Å². The summed E-state index contributed by atoms with van der Waals surface area (Å²) in [5, 5.41) is 7.99. The van der Waals surface area contributed by atoms with Crippen molar-refractivity contribution in [2.75, 3.05) is 19.5 Å². The van der Waals surface area contributed by atoms with Crippen molar-refractivity contribution < 1.29 is 51.7 Å². The van der Waals surface area contributed by atoms with Gasteiger partial charge in [-0.15, -0.1) is 0 Å². The number of phosphoric acid groups is 2. The van der Waals surface area contributed by atoms with Crippen LogP contribution in [0.15, 0.2) is 47.1 Å². The summed E-state index contributed by atoms with van der Waals surface area (Å²) in [6.45, 7) is 2.52. The third kappa shape index (κ3) is 7.36. The number of thioether (sulfide) groups is 1. The SMILES string of the molecule is COP(=O)([O-])[C@@](O)(c1ccccc1)[C@H]1SC(CCOP(=O)([O-])OP(=O)([O-])[O-])=C(C)N1Cc1cnc(C)nc1N. The number of allylic oxidation sites excluding steroid dienone is 1. The van der Waals surface area contributed by atoms with E-state index in [9.17, 15) is 38.4 Å².